The number of benzene rings is 4. The number of phenols is 1. The fourth-order valence-electron chi connectivity index (χ4n) is 6.06. The molecule has 1 aromatic heterocycles. The van der Waals surface area contributed by atoms with E-state index in [1.807, 2.05) is 24.3 Å². The number of aromatic hydroxyl groups is 1. The Morgan fingerprint density at radius 3 is 1.94 bits per heavy atom. The van der Waals surface area contributed by atoms with Gasteiger partial charge in [0.2, 0.25) is 5.89 Å². The molecule has 0 aliphatic heterocycles. The molecule has 1 heterocycles. The number of aromatic nitrogens is 1. The Balaban J connectivity index is 0.000000194. The third kappa shape index (κ3) is 10.4. The van der Waals surface area contributed by atoms with Crippen molar-refractivity contribution in [1.29, 1.82) is 0 Å². The molecule has 2 aliphatic carbocycles. The number of fused-ring (bicyclic) bond motifs is 3. The zero-order valence-corrected chi connectivity index (χ0v) is 33.6. The lowest BCUT2D eigenvalue weighted by Gasteiger charge is -2.12. The zero-order chi connectivity index (χ0) is 36.8. The standard InChI is InChI=1S/C20H18BrClN2O.C14H16BrNO.C6H6ClNO.CH4/c1-24(2)8-7-16-15-5-3-13(21)9-12(15)10-17(16)20-23-18-6-4-14(22)11-19(18)25-20;1-16(2)6-5-14-11(9-17)7-10-8-12(15)3-4-13(10)14;7-4-1-2-5(8)6(9)3-4;/h3-6,9,11H,7-8,10H2,1-2H3;3-4,8-9H,5-7H2,1-2H3;1-3,9H,8H2;1H4. The van der Waals surface area contributed by atoms with Crippen LogP contribution in [0.4, 0.5) is 5.69 Å². The van der Waals surface area contributed by atoms with Crippen LogP contribution in [-0.4, -0.2) is 67.5 Å². The molecule has 0 unspecified atom stereocenters. The number of anilines is 1. The van der Waals surface area contributed by atoms with Crippen molar-refractivity contribution in [3.63, 3.8) is 0 Å². The van der Waals surface area contributed by atoms with Gasteiger partial charge >= 0.3 is 0 Å². The fourth-order valence-corrected chi connectivity index (χ4v) is 7.21. The van der Waals surface area contributed by atoms with Crippen LogP contribution in [0.15, 0.2) is 91.7 Å². The molecule has 7 rings (SSSR count). The molecular weight excluding hydrogens is 827 g/mol. The predicted molar refractivity (Wildman–Crippen MR) is 225 cm³/mol. The van der Waals surface area contributed by atoms with Crippen LogP contribution >= 0.6 is 55.1 Å². The SMILES string of the molecule is C.CN(C)CCC1=C(C=O)Cc2cc(Br)ccc21.CN(C)CCC1=C(c2nc3ccc(Cl)cc3o2)Cc2cc(Br)ccc21.Nc1ccc(Cl)cc1O. The molecule has 11 heteroatoms. The number of carbonyl (C=O) groups excluding carboxylic acids is 1. The van der Waals surface area contributed by atoms with Gasteiger partial charge in [0.15, 0.2) is 5.58 Å². The summed E-state index contributed by atoms with van der Waals surface area (Å²) in [6, 6.07) is 22.9. The number of halogens is 4. The van der Waals surface area contributed by atoms with E-state index in [0.717, 1.165) is 70.7 Å². The van der Waals surface area contributed by atoms with Gasteiger partial charge in [-0.05, 0) is 123 Å². The van der Waals surface area contributed by atoms with Crippen LogP contribution in [0.25, 0.3) is 27.8 Å². The third-order valence-electron chi connectivity index (χ3n) is 8.65. The number of hydrogen-bond donors (Lipinski definition) is 2. The van der Waals surface area contributed by atoms with Gasteiger partial charge in [-0.15, -0.1) is 0 Å². The van der Waals surface area contributed by atoms with Gasteiger partial charge in [-0.1, -0.05) is 74.6 Å². The minimum atomic E-state index is 0. The second-order valence-electron chi connectivity index (χ2n) is 13.0. The number of aldehydes is 1. The molecule has 52 heavy (non-hydrogen) atoms. The molecule has 0 spiro atoms. The second kappa shape index (κ2) is 18.5. The molecule has 0 saturated heterocycles. The summed E-state index contributed by atoms with van der Waals surface area (Å²) < 4.78 is 8.23. The number of nitrogens with two attached hydrogens (primary N) is 1. The average molecular weight is 872 g/mol. The van der Waals surface area contributed by atoms with E-state index in [0.29, 0.717) is 21.6 Å². The van der Waals surface area contributed by atoms with Crippen LogP contribution < -0.4 is 5.73 Å². The van der Waals surface area contributed by atoms with Crippen LogP contribution in [0.1, 0.15) is 48.4 Å². The molecule has 7 nitrogen and oxygen atoms in total. The lowest BCUT2D eigenvalue weighted by atomic mass is 10.0. The quantitative estimate of drug-likeness (QED) is 0.0911. The number of rotatable bonds is 8. The van der Waals surface area contributed by atoms with Gasteiger partial charge < -0.3 is 25.1 Å². The third-order valence-corrected chi connectivity index (χ3v) is 10.1. The topological polar surface area (TPSA) is 95.8 Å². The van der Waals surface area contributed by atoms with Crippen molar-refractivity contribution in [1.82, 2.24) is 14.8 Å². The monoisotopic (exact) mass is 868 g/mol. The summed E-state index contributed by atoms with van der Waals surface area (Å²) in [5.41, 5.74) is 17.0. The molecule has 274 valence electrons. The van der Waals surface area contributed by atoms with Crippen molar-refractivity contribution < 1.29 is 14.3 Å². The number of phenolic OH excluding ortho intramolecular Hbond substituents is 1. The predicted octanol–water partition coefficient (Wildman–Crippen LogP) is 10.8. The molecule has 4 aromatic carbocycles. The number of nitrogen functional groups attached to an aromatic ring is 1. The first-order valence-corrected chi connectivity index (χ1v) is 18.7. The highest BCUT2D eigenvalue weighted by atomic mass is 79.9. The van der Waals surface area contributed by atoms with Crippen LogP contribution in [0.3, 0.4) is 0 Å². The van der Waals surface area contributed by atoms with E-state index in [1.165, 1.54) is 45.0 Å². The molecule has 2 aliphatic rings. The van der Waals surface area contributed by atoms with E-state index >= 15 is 0 Å². The van der Waals surface area contributed by atoms with Crippen molar-refractivity contribution in [2.45, 2.75) is 33.1 Å². The Kier molecular flexibility index (Phi) is 14.7. The summed E-state index contributed by atoms with van der Waals surface area (Å²) in [6.07, 6.45) is 4.55. The van der Waals surface area contributed by atoms with Crippen LogP contribution in [-0.2, 0) is 17.6 Å². The molecular formula is C41H44Br2Cl2N4O3. The van der Waals surface area contributed by atoms with E-state index < -0.39 is 0 Å². The van der Waals surface area contributed by atoms with E-state index in [-0.39, 0.29) is 13.2 Å². The first-order chi connectivity index (χ1) is 24.3. The normalized spacial score (nSPS) is 13.0. The van der Waals surface area contributed by atoms with E-state index in [2.05, 4.69) is 100 Å². The highest BCUT2D eigenvalue weighted by molar-refractivity contribution is 9.10. The Morgan fingerprint density at radius 1 is 0.808 bits per heavy atom. The van der Waals surface area contributed by atoms with Gasteiger partial charge in [0.25, 0.3) is 0 Å². The van der Waals surface area contributed by atoms with E-state index in [1.54, 1.807) is 12.1 Å². The van der Waals surface area contributed by atoms with Gasteiger partial charge in [-0.3, -0.25) is 4.79 Å². The smallest absolute Gasteiger partial charge is 0.223 e. The van der Waals surface area contributed by atoms with Crippen LogP contribution in [0.5, 0.6) is 5.75 Å². The summed E-state index contributed by atoms with van der Waals surface area (Å²) in [6.45, 7) is 1.96. The Labute approximate surface area is 333 Å². The Hall–Kier alpha value is -3.44. The maximum absolute atomic E-state index is 11.1. The van der Waals surface area contributed by atoms with E-state index in [9.17, 15) is 4.79 Å². The van der Waals surface area contributed by atoms with Gasteiger partial charge in [-0.25, -0.2) is 4.98 Å². The summed E-state index contributed by atoms with van der Waals surface area (Å²) in [5.74, 6) is 0.737. The van der Waals surface area contributed by atoms with Crippen LogP contribution in [0.2, 0.25) is 10.0 Å². The Morgan fingerprint density at radius 2 is 1.37 bits per heavy atom. The lowest BCUT2D eigenvalue weighted by molar-refractivity contribution is -0.104. The molecule has 0 saturated carbocycles. The minimum Gasteiger partial charge on any atom is -0.506 e. The summed E-state index contributed by atoms with van der Waals surface area (Å²) in [4.78, 5) is 20.2. The molecule has 0 radical (unpaired) electrons. The lowest BCUT2D eigenvalue weighted by Crippen LogP contribution is -2.13. The first kappa shape index (κ1) is 41.3. The minimum absolute atomic E-state index is 0. The Bertz CT molecular complexity index is 2120. The number of hydrogen-bond acceptors (Lipinski definition) is 7. The maximum atomic E-state index is 11.1. The van der Waals surface area contributed by atoms with Crippen molar-refractivity contribution in [3.8, 4) is 5.75 Å². The van der Waals surface area contributed by atoms with Crippen molar-refractivity contribution >= 4 is 94.9 Å². The highest BCUT2D eigenvalue weighted by Gasteiger charge is 2.26. The number of carbonyl (C=O) groups is 1. The summed E-state index contributed by atoms with van der Waals surface area (Å²) >= 11 is 18.6. The number of allylic oxidation sites excluding steroid dienone is 2. The molecule has 5 aromatic rings. The first-order valence-electron chi connectivity index (χ1n) is 16.4. The molecule has 0 atom stereocenters. The second-order valence-corrected chi connectivity index (χ2v) is 15.7. The molecule has 0 bridgehead atoms. The number of oxazole rings is 1. The summed E-state index contributed by atoms with van der Waals surface area (Å²) in [5, 5.41) is 10.0. The summed E-state index contributed by atoms with van der Waals surface area (Å²) in [7, 11) is 8.30. The average Bonchev–Trinajstić information content (AvgIpc) is 3.77. The fraction of sp³-hybridized carbons (Fsp3) is 0.268. The molecule has 3 N–H and O–H groups in total. The van der Waals surface area contributed by atoms with Crippen molar-refractivity contribution in [3.05, 3.63) is 126 Å². The van der Waals surface area contributed by atoms with Crippen molar-refractivity contribution in [2.24, 2.45) is 0 Å². The van der Waals surface area contributed by atoms with E-state index in [4.69, 9.17) is 43.4 Å². The van der Waals surface area contributed by atoms with Gasteiger partial charge in [0.05, 0.1) is 5.69 Å². The molecule has 0 amide bonds. The molecule has 0 fully saturated rings. The van der Waals surface area contributed by atoms with Gasteiger partial charge in [0.1, 0.15) is 17.6 Å². The number of nitrogens with zero attached hydrogens (tertiary/aromatic N) is 3. The van der Waals surface area contributed by atoms with Gasteiger partial charge in [0, 0.05) is 68.2 Å². The largest absolute Gasteiger partial charge is 0.506 e. The van der Waals surface area contributed by atoms with Gasteiger partial charge in [-0.2, -0.15) is 0 Å². The zero-order valence-electron chi connectivity index (χ0n) is 28.9. The van der Waals surface area contributed by atoms with Crippen molar-refractivity contribution in [2.75, 3.05) is 47.0 Å². The highest BCUT2D eigenvalue weighted by Crippen LogP contribution is 2.42. The van der Waals surface area contributed by atoms with Crippen LogP contribution in [0, 0.1) is 0 Å². The maximum Gasteiger partial charge on any atom is 0.223 e.